The summed E-state index contributed by atoms with van der Waals surface area (Å²) in [6.07, 6.45) is 1.52. The second-order valence-corrected chi connectivity index (χ2v) is 7.79. The van der Waals surface area contributed by atoms with Crippen molar-refractivity contribution < 1.29 is 14.1 Å². The summed E-state index contributed by atoms with van der Waals surface area (Å²) < 4.78 is 6.25. The fourth-order valence-electron chi connectivity index (χ4n) is 2.95. The van der Waals surface area contributed by atoms with E-state index < -0.39 is 10.8 Å². The third-order valence-electron chi connectivity index (χ3n) is 4.31. The molecule has 0 atom stereocenters. The molecular formula is C20H14ClN3O4S. The molecule has 0 aliphatic rings. The zero-order chi connectivity index (χ0) is 20.5. The first kappa shape index (κ1) is 19.1. The van der Waals surface area contributed by atoms with Crippen LogP contribution in [-0.4, -0.2) is 15.8 Å². The van der Waals surface area contributed by atoms with Crippen molar-refractivity contribution in [2.24, 2.45) is 0 Å². The molecule has 0 radical (unpaired) electrons. The second kappa shape index (κ2) is 7.65. The van der Waals surface area contributed by atoms with E-state index in [4.69, 9.17) is 16.0 Å². The van der Waals surface area contributed by atoms with Crippen molar-refractivity contribution in [1.29, 1.82) is 0 Å². The lowest BCUT2D eigenvalue weighted by molar-refractivity contribution is -0.384. The Kier molecular flexibility index (Phi) is 5.04. The van der Waals surface area contributed by atoms with Crippen molar-refractivity contribution in [3.8, 4) is 0 Å². The minimum absolute atomic E-state index is 0.140. The molecule has 0 aliphatic heterocycles. The lowest BCUT2D eigenvalue weighted by Crippen LogP contribution is -2.30. The van der Waals surface area contributed by atoms with E-state index in [0.717, 1.165) is 15.8 Å². The van der Waals surface area contributed by atoms with E-state index in [0.29, 0.717) is 15.9 Å². The maximum atomic E-state index is 13.3. The lowest BCUT2D eigenvalue weighted by atomic mass is 10.1. The molecule has 1 amide bonds. The van der Waals surface area contributed by atoms with Gasteiger partial charge in [0, 0.05) is 22.7 Å². The van der Waals surface area contributed by atoms with E-state index in [-0.39, 0.29) is 17.8 Å². The monoisotopic (exact) mass is 427 g/mol. The van der Waals surface area contributed by atoms with Gasteiger partial charge in [0.2, 0.25) is 0 Å². The van der Waals surface area contributed by atoms with Crippen LogP contribution in [0.25, 0.3) is 10.2 Å². The highest BCUT2D eigenvalue weighted by Gasteiger charge is 2.24. The number of non-ortho nitro benzene ring substituents is 1. The third kappa shape index (κ3) is 3.85. The summed E-state index contributed by atoms with van der Waals surface area (Å²) in [6.45, 7) is 2.04. The van der Waals surface area contributed by atoms with Crippen molar-refractivity contribution in [3.63, 3.8) is 0 Å². The lowest BCUT2D eigenvalue weighted by Gasteiger charge is -2.18. The maximum absolute atomic E-state index is 13.3. The SMILES string of the molecule is Cc1cc(Cl)cc2sc(N(Cc3ccco3)C(=O)c3cccc([N+](=O)[O-])c3)nc12. The molecule has 0 bridgehead atoms. The molecule has 0 fully saturated rings. The number of hydrogen-bond donors (Lipinski definition) is 0. The highest BCUT2D eigenvalue weighted by molar-refractivity contribution is 7.22. The average molecular weight is 428 g/mol. The first-order valence-electron chi connectivity index (χ1n) is 8.58. The number of aromatic nitrogens is 1. The molecule has 0 saturated heterocycles. The van der Waals surface area contributed by atoms with E-state index >= 15 is 0 Å². The number of amides is 1. The standard InChI is InChI=1S/C20H14ClN3O4S/c1-12-8-14(21)10-17-18(12)22-20(29-17)23(11-16-6-3-7-28-16)19(25)13-4-2-5-15(9-13)24(26)27/h2-10H,11H2,1H3. The average Bonchev–Trinajstić information content (AvgIpc) is 3.35. The number of carbonyl (C=O) groups is 1. The van der Waals surface area contributed by atoms with Crippen LogP contribution in [0.3, 0.4) is 0 Å². The van der Waals surface area contributed by atoms with E-state index in [1.807, 2.05) is 13.0 Å². The molecule has 2 heterocycles. The number of benzene rings is 2. The van der Waals surface area contributed by atoms with Gasteiger partial charge in [0.1, 0.15) is 5.76 Å². The number of aryl methyl sites for hydroxylation is 1. The highest BCUT2D eigenvalue weighted by atomic mass is 35.5. The molecule has 4 aromatic rings. The quantitative estimate of drug-likeness (QED) is 0.305. The van der Waals surface area contributed by atoms with Gasteiger partial charge in [-0.2, -0.15) is 0 Å². The fourth-order valence-corrected chi connectivity index (χ4v) is 4.37. The van der Waals surface area contributed by atoms with Crippen LogP contribution in [0.15, 0.2) is 59.2 Å². The molecule has 2 aromatic carbocycles. The number of halogens is 1. The van der Waals surface area contributed by atoms with Gasteiger partial charge in [0.25, 0.3) is 11.6 Å². The zero-order valence-corrected chi connectivity index (χ0v) is 16.7. The molecule has 29 heavy (non-hydrogen) atoms. The number of furan rings is 1. The number of carbonyl (C=O) groups excluding carboxylic acids is 1. The number of hydrogen-bond acceptors (Lipinski definition) is 6. The van der Waals surface area contributed by atoms with Crippen LogP contribution >= 0.6 is 22.9 Å². The Bertz CT molecular complexity index is 1220. The van der Waals surface area contributed by atoms with Crippen molar-refractivity contribution in [2.45, 2.75) is 13.5 Å². The molecule has 0 saturated carbocycles. The molecule has 7 nitrogen and oxygen atoms in total. The normalized spacial score (nSPS) is 11.0. The second-order valence-electron chi connectivity index (χ2n) is 6.34. The Morgan fingerprint density at radius 2 is 2.10 bits per heavy atom. The molecule has 0 aliphatic carbocycles. The van der Waals surface area contributed by atoms with Gasteiger partial charge >= 0.3 is 0 Å². The van der Waals surface area contributed by atoms with Gasteiger partial charge in [-0.3, -0.25) is 19.8 Å². The van der Waals surface area contributed by atoms with Crippen LogP contribution in [-0.2, 0) is 6.54 Å². The van der Waals surface area contributed by atoms with Crippen molar-refractivity contribution >= 4 is 49.9 Å². The summed E-state index contributed by atoms with van der Waals surface area (Å²) in [4.78, 5) is 29.9. The fraction of sp³-hybridized carbons (Fsp3) is 0.100. The first-order valence-corrected chi connectivity index (χ1v) is 9.77. The van der Waals surface area contributed by atoms with Gasteiger partial charge in [-0.15, -0.1) is 0 Å². The van der Waals surface area contributed by atoms with Gasteiger partial charge in [0.05, 0.1) is 27.9 Å². The molecule has 0 N–H and O–H groups in total. The van der Waals surface area contributed by atoms with Crippen LogP contribution < -0.4 is 4.90 Å². The number of nitro benzene ring substituents is 1. The predicted molar refractivity (Wildman–Crippen MR) is 112 cm³/mol. The van der Waals surface area contributed by atoms with Gasteiger partial charge in [-0.25, -0.2) is 4.98 Å². The van der Waals surface area contributed by atoms with Gasteiger partial charge in [-0.05, 0) is 42.8 Å². The molecule has 146 valence electrons. The third-order valence-corrected chi connectivity index (χ3v) is 5.56. The molecule has 4 rings (SSSR count). The molecule has 0 unspecified atom stereocenters. The zero-order valence-electron chi connectivity index (χ0n) is 15.2. The van der Waals surface area contributed by atoms with Crippen LogP contribution in [0.1, 0.15) is 21.7 Å². The maximum Gasteiger partial charge on any atom is 0.270 e. The van der Waals surface area contributed by atoms with Crippen molar-refractivity contribution in [2.75, 3.05) is 4.90 Å². The minimum atomic E-state index is -0.531. The van der Waals surface area contributed by atoms with Crippen LogP contribution in [0.2, 0.25) is 5.02 Å². The summed E-state index contributed by atoms with van der Waals surface area (Å²) in [5, 5.41) is 12.1. The number of anilines is 1. The molecule has 2 aromatic heterocycles. The topological polar surface area (TPSA) is 89.5 Å². The van der Waals surface area contributed by atoms with Crippen LogP contribution in [0.4, 0.5) is 10.8 Å². The summed E-state index contributed by atoms with van der Waals surface area (Å²) in [5.41, 5.74) is 1.70. The van der Waals surface area contributed by atoms with Crippen LogP contribution in [0, 0.1) is 17.0 Å². The smallest absolute Gasteiger partial charge is 0.270 e. The number of thiazole rings is 1. The van der Waals surface area contributed by atoms with Gasteiger partial charge in [-0.1, -0.05) is 29.0 Å². The summed E-state index contributed by atoms with van der Waals surface area (Å²) in [6, 6.07) is 12.7. The Balaban J connectivity index is 1.80. The number of nitro groups is 1. The van der Waals surface area contributed by atoms with Crippen molar-refractivity contribution in [3.05, 3.63) is 86.8 Å². The van der Waals surface area contributed by atoms with Crippen LogP contribution in [0.5, 0.6) is 0 Å². The Hall–Kier alpha value is -3.23. The van der Waals surface area contributed by atoms with Gasteiger partial charge in [0.15, 0.2) is 5.13 Å². The van der Waals surface area contributed by atoms with E-state index in [1.54, 1.807) is 24.3 Å². The predicted octanol–water partition coefficient (Wildman–Crippen LogP) is 5.61. The first-order chi connectivity index (χ1) is 13.9. The molecule has 9 heteroatoms. The van der Waals surface area contributed by atoms with Gasteiger partial charge < -0.3 is 4.42 Å². The molecular weight excluding hydrogens is 414 g/mol. The van der Waals surface area contributed by atoms with E-state index in [2.05, 4.69) is 4.98 Å². The Morgan fingerprint density at radius 1 is 1.28 bits per heavy atom. The highest BCUT2D eigenvalue weighted by Crippen LogP contribution is 2.34. The van der Waals surface area contributed by atoms with Crippen molar-refractivity contribution in [1.82, 2.24) is 4.98 Å². The Labute approximate surface area is 174 Å². The Morgan fingerprint density at radius 3 is 2.83 bits per heavy atom. The number of rotatable bonds is 5. The summed E-state index contributed by atoms with van der Waals surface area (Å²) in [7, 11) is 0. The summed E-state index contributed by atoms with van der Waals surface area (Å²) >= 11 is 7.48. The number of nitrogens with zero attached hydrogens (tertiary/aromatic N) is 3. The summed E-state index contributed by atoms with van der Waals surface area (Å²) in [5.74, 6) is 0.158. The van der Waals surface area contributed by atoms with E-state index in [9.17, 15) is 14.9 Å². The number of fused-ring (bicyclic) bond motifs is 1. The minimum Gasteiger partial charge on any atom is -0.467 e. The molecule has 0 spiro atoms. The van der Waals surface area contributed by atoms with E-state index in [1.165, 1.54) is 40.7 Å². The largest absolute Gasteiger partial charge is 0.467 e.